The van der Waals surface area contributed by atoms with E-state index in [1.807, 2.05) is 13.8 Å². The molecule has 0 fully saturated rings. The lowest BCUT2D eigenvalue weighted by molar-refractivity contribution is -0.140. The standard InChI is InChI=1S/C15H29IO2/c1-3-17-15(18-4-2)13-11-9-7-5-6-8-10-12-14-16/h6,8,15H,3-5,7,9-14H2,1-2H3/b8-6+. The minimum Gasteiger partial charge on any atom is -0.353 e. The largest absolute Gasteiger partial charge is 0.353 e. The minimum absolute atomic E-state index is 0.0131. The molecule has 3 heteroatoms. The van der Waals surface area contributed by atoms with E-state index in [-0.39, 0.29) is 6.29 Å². The molecule has 0 atom stereocenters. The van der Waals surface area contributed by atoms with Crippen LogP contribution in [0, 0.1) is 0 Å². The molecule has 2 nitrogen and oxygen atoms in total. The van der Waals surface area contributed by atoms with Gasteiger partial charge in [-0.05, 0) is 56.8 Å². The summed E-state index contributed by atoms with van der Waals surface area (Å²) in [5, 5.41) is 0. The molecule has 0 amide bonds. The molecule has 108 valence electrons. The van der Waals surface area contributed by atoms with E-state index in [4.69, 9.17) is 9.47 Å². The van der Waals surface area contributed by atoms with Crippen LogP contribution in [0.1, 0.15) is 58.8 Å². The molecular weight excluding hydrogens is 339 g/mol. The van der Waals surface area contributed by atoms with E-state index in [0.717, 1.165) is 19.6 Å². The molecule has 0 aliphatic carbocycles. The van der Waals surface area contributed by atoms with E-state index in [9.17, 15) is 0 Å². The molecule has 0 aliphatic rings. The fraction of sp³-hybridized carbons (Fsp3) is 0.867. The van der Waals surface area contributed by atoms with Crippen LogP contribution in [0.15, 0.2) is 12.2 Å². The maximum atomic E-state index is 5.52. The van der Waals surface area contributed by atoms with E-state index in [2.05, 4.69) is 34.7 Å². The van der Waals surface area contributed by atoms with Crippen molar-refractivity contribution < 1.29 is 9.47 Å². The third-order valence-corrected chi connectivity index (χ3v) is 3.45. The third-order valence-electron chi connectivity index (χ3n) is 2.69. The van der Waals surface area contributed by atoms with Crippen LogP contribution >= 0.6 is 22.6 Å². The van der Waals surface area contributed by atoms with Crippen molar-refractivity contribution in [2.45, 2.75) is 65.1 Å². The number of unbranched alkanes of at least 4 members (excludes halogenated alkanes) is 4. The highest BCUT2D eigenvalue weighted by Crippen LogP contribution is 2.10. The zero-order chi connectivity index (χ0) is 13.5. The second-order valence-corrected chi connectivity index (χ2v) is 5.36. The SMILES string of the molecule is CCOC(CCCCC/C=C/CCCI)OCC. The highest BCUT2D eigenvalue weighted by atomic mass is 127. The number of hydrogen-bond acceptors (Lipinski definition) is 2. The van der Waals surface area contributed by atoms with Crippen LogP contribution in [0.25, 0.3) is 0 Å². The Balaban J connectivity index is 3.34. The van der Waals surface area contributed by atoms with Crippen LogP contribution < -0.4 is 0 Å². The molecule has 0 rings (SSSR count). The van der Waals surface area contributed by atoms with Gasteiger partial charge in [-0.25, -0.2) is 0 Å². The monoisotopic (exact) mass is 368 g/mol. The average molecular weight is 368 g/mol. The lowest BCUT2D eigenvalue weighted by atomic mass is 10.1. The van der Waals surface area contributed by atoms with Gasteiger partial charge < -0.3 is 9.47 Å². The zero-order valence-corrected chi connectivity index (χ0v) is 14.2. The van der Waals surface area contributed by atoms with Crippen LogP contribution in [0.4, 0.5) is 0 Å². The highest BCUT2D eigenvalue weighted by molar-refractivity contribution is 14.1. The number of allylic oxidation sites excluding steroid dienone is 2. The van der Waals surface area contributed by atoms with Gasteiger partial charge >= 0.3 is 0 Å². The quantitative estimate of drug-likeness (QED) is 0.148. The molecule has 0 bridgehead atoms. The summed E-state index contributed by atoms with van der Waals surface area (Å²) >= 11 is 2.43. The van der Waals surface area contributed by atoms with Crippen LogP contribution in [-0.2, 0) is 9.47 Å². The lowest BCUT2D eigenvalue weighted by Crippen LogP contribution is -2.17. The van der Waals surface area contributed by atoms with Gasteiger partial charge in [0, 0.05) is 13.2 Å². The Bertz CT molecular complexity index is 177. The van der Waals surface area contributed by atoms with Crippen molar-refractivity contribution >= 4 is 22.6 Å². The van der Waals surface area contributed by atoms with Crippen molar-refractivity contribution in [2.75, 3.05) is 17.6 Å². The summed E-state index contributed by atoms with van der Waals surface area (Å²) < 4.78 is 12.3. The first kappa shape index (κ1) is 18.4. The summed E-state index contributed by atoms with van der Waals surface area (Å²) in [7, 11) is 0. The number of hydrogen-bond donors (Lipinski definition) is 0. The van der Waals surface area contributed by atoms with E-state index >= 15 is 0 Å². The van der Waals surface area contributed by atoms with Gasteiger partial charge in [-0.3, -0.25) is 0 Å². The summed E-state index contributed by atoms with van der Waals surface area (Å²) in [5.41, 5.74) is 0. The Morgan fingerprint density at radius 1 is 0.889 bits per heavy atom. The van der Waals surface area contributed by atoms with Crippen molar-refractivity contribution in [2.24, 2.45) is 0 Å². The van der Waals surface area contributed by atoms with E-state index in [0.29, 0.717) is 0 Å². The number of halogens is 1. The predicted molar refractivity (Wildman–Crippen MR) is 87.4 cm³/mol. The Hall–Kier alpha value is 0.390. The average Bonchev–Trinajstić information content (AvgIpc) is 2.37. The molecule has 0 radical (unpaired) electrons. The highest BCUT2D eigenvalue weighted by Gasteiger charge is 2.06. The van der Waals surface area contributed by atoms with Gasteiger partial charge in [-0.1, -0.05) is 41.2 Å². The van der Waals surface area contributed by atoms with Gasteiger partial charge in [0.1, 0.15) is 0 Å². The maximum absolute atomic E-state index is 5.52. The Kier molecular flexibility index (Phi) is 15.8. The number of ether oxygens (including phenoxy) is 2. The third kappa shape index (κ3) is 12.8. The first-order chi connectivity index (χ1) is 8.85. The summed E-state index contributed by atoms with van der Waals surface area (Å²) in [6.45, 7) is 5.52. The molecule has 0 unspecified atom stereocenters. The van der Waals surface area contributed by atoms with Gasteiger partial charge in [-0.2, -0.15) is 0 Å². The minimum atomic E-state index is 0.0131. The van der Waals surface area contributed by atoms with Crippen molar-refractivity contribution in [3.63, 3.8) is 0 Å². The molecule has 0 spiro atoms. The van der Waals surface area contributed by atoms with Crippen molar-refractivity contribution in [3.05, 3.63) is 12.2 Å². The van der Waals surface area contributed by atoms with Crippen molar-refractivity contribution in [1.82, 2.24) is 0 Å². The number of rotatable bonds is 13. The molecule has 0 aromatic heterocycles. The maximum Gasteiger partial charge on any atom is 0.157 e. The van der Waals surface area contributed by atoms with Gasteiger partial charge in [0.05, 0.1) is 0 Å². The molecule has 0 heterocycles. The summed E-state index contributed by atoms with van der Waals surface area (Å²) in [4.78, 5) is 0. The van der Waals surface area contributed by atoms with Crippen LogP contribution in [0.3, 0.4) is 0 Å². The molecule has 0 aliphatic heterocycles. The van der Waals surface area contributed by atoms with Crippen LogP contribution in [-0.4, -0.2) is 23.9 Å². The van der Waals surface area contributed by atoms with E-state index in [1.165, 1.54) is 43.0 Å². The van der Waals surface area contributed by atoms with Gasteiger partial charge in [-0.15, -0.1) is 0 Å². The Labute approximate surface area is 127 Å². The predicted octanol–water partition coefficient (Wildman–Crippen LogP) is 5.11. The Morgan fingerprint density at radius 2 is 1.50 bits per heavy atom. The molecular formula is C15H29IO2. The van der Waals surface area contributed by atoms with Crippen molar-refractivity contribution in [1.29, 1.82) is 0 Å². The van der Waals surface area contributed by atoms with Gasteiger partial charge in [0.2, 0.25) is 0 Å². The second kappa shape index (κ2) is 15.4. The van der Waals surface area contributed by atoms with E-state index < -0.39 is 0 Å². The van der Waals surface area contributed by atoms with Gasteiger partial charge in [0.15, 0.2) is 6.29 Å². The van der Waals surface area contributed by atoms with Crippen LogP contribution in [0.5, 0.6) is 0 Å². The summed E-state index contributed by atoms with van der Waals surface area (Å²) in [6.07, 6.45) is 13.2. The first-order valence-corrected chi connectivity index (χ1v) is 8.81. The molecule has 0 N–H and O–H groups in total. The Morgan fingerprint density at radius 3 is 2.06 bits per heavy atom. The topological polar surface area (TPSA) is 18.5 Å². The molecule has 0 saturated heterocycles. The first-order valence-electron chi connectivity index (χ1n) is 7.29. The fourth-order valence-electron chi connectivity index (χ4n) is 1.77. The van der Waals surface area contributed by atoms with Crippen LogP contribution in [0.2, 0.25) is 0 Å². The molecule has 0 saturated carbocycles. The molecule has 0 aromatic rings. The zero-order valence-electron chi connectivity index (χ0n) is 12.0. The summed E-state index contributed by atoms with van der Waals surface area (Å²) in [6, 6.07) is 0. The van der Waals surface area contributed by atoms with Crippen molar-refractivity contribution in [3.8, 4) is 0 Å². The molecule has 18 heavy (non-hydrogen) atoms. The normalized spacial score (nSPS) is 11.8. The molecule has 0 aromatic carbocycles. The number of alkyl halides is 1. The lowest BCUT2D eigenvalue weighted by Gasteiger charge is -2.16. The fourth-order valence-corrected chi connectivity index (χ4v) is 2.21. The smallest absolute Gasteiger partial charge is 0.157 e. The summed E-state index contributed by atoms with van der Waals surface area (Å²) in [5.74, 6) is 0. The van der Waals surface area contributed by atoms with Gasteiger partial charge in [0.25, 0.3) is 0 Å². The second-order valence-electron chi connectivity index (χ2n) is 4.28. The van der Waals surface area contributed by atoms with E-state index in [1.54, 1.807) is 0 Å².